The third-order valence-electron chi connectivity index (χ3n) is 3.63. The second kappa shape index (κ2) is 5.85. The summed E-state index contributed by atoms with van der Waals surface area (Å²) in [5, 5.41) is 7.12. The molecule has 0 spiro atoms. The van der Waals surface area contributed by atoms with Crippen molar-refractivity contribution >= 4 is 12.0 Å². The fourth-order valence-electron chi connectivity index (χ4n) is 2.36. The van der Waals surface area contributed by atoms with Gasteiger partial charge in [0, 0.05) is 25.4 Å². The third kappa shape index (κ3) is 3.45. The van der Waals surface area contributed by atoms with Crippen molar-refractivity contribution in [2.24, 2.45) is 13.0 Å². The van der Waals surface area contributed by atoms with Gasteiger partial charge in [0.1, 0.15) is 0 Å². The molecule has 0 bridgehead atoms. The van der Waals surface area contributed by atoms with Crippen molar-refractivity contribution in [3.8, 4) is 0 Å². The average Bonchev–Trinajstić information content (AvgIpc) is 2.75. The van der Waals surface area contributed by atoms with Gasteiger partial charge in [0.25, 0.3) is 0 Å². The Balaban J connectivity index is 1.82. The van der Waals surface area contributed by atoms with E-state index in [4.69, 9.17) is 0 Å². The number of amides is 1. The van der Waals surface area contributed by atoms with E-state index in [9.17, 15) is 4.79 Å². The molecule has 1 aliphatic carbocycles. The number of aryl methyl sites for hydroxylation is 1. The van der Waals surface area contributed by atoms with Crippen molar-refractivity contribution in [3.63, 3.8) is 0 Å². The number of rotatable bonds is 3. The maximum absolute atomic E-state index is 11.8. The zero-order chi connectivity index (χ0) is 13.0. The average molecular weight is 247 g/mol. The molecule has 0 radical (unpaired) electrons. The first kappa shape index (κ1) is 12.9. The lowest BCUT2D eigenvalue weighted by Crippen LogP contribution is -2.36. The molecule has 0 aromatic carbocycles. The van der Waals surface area contributed by atoms with Gasteiger partial charge in [-0.15, -0.1) is 0 Å². The zero-order valence-electron chi connectivity index (χ0n) is 11.1. The monoisotopic (exact) mass is 247 g/mol. The van der Waals surface area contributed by atoms with Gasteiger partial charge in [-0.05, 0) is 43.7 Å². The molecule has 1 aromatic rings. The van der Waals surface area contributed by atoms with Crippen molar-refractivity contribution < 1.29 is 4.79 Å². The summed E-state index contributed by atoms with van der Waals surface area (Å²) in [5.74, 6) is 0.805. The summed E-state index contributed by atoms with van der Waals surface area (Å²) in [6.07, 6.45) is 9.76. The first-order valence-electron chi connectivity index (χ1n) is 6.61. The Labute approximate surface area is 108 Å². The smallest absolute Gasteiger partial charge is 0.244 e. The van der Waals surface area contributed by atoms with Crippen LogP contribution in [0.15, 0.2) is 18.3 Å². The topological polar surface area (TPSA) is 46.9 Å². The first-order chi connectivity index (χ1) is 8.65. The molecule has 1 N–H and O–H groups in total. The van der Waals surface area contributed by atoms with Crippen LogP contribution >= 0.6 is 0 Å². The number of hydrogen-bond donors (Lipinski definition) is 1. The minimum Gasteiger partial charge on any atom is -0.350 e. The second-order valence-electron chi connectivity index (χ2n) is 5.18. The Bertz CT molecular complexity index is 428. The minimum atomic E-state index is -0.00393. The van der Waals surface area contributed by atoms with Gasteiger partial charge in [0.05, 0.1) is 5.69 Å². The predicted molar refractivity (Wildman–Crippen MR) is 71.8 cm³/mol. The van der Waals surface area contributed by atoms with E-state index in [2.05, 4.69) is 17.3 Å². The Kier molecular flexibility index (Phi) is 4.18. The number of nitrogens with one attached hydrogen (secondary N) is 1. The van der Waals surface area contributed by atoms with Crippen LogP contribution in [0.5, 0.6) is 0 Å². The van der Waals surface area contributed by atoms with Gasteiger partial charge < -0.3 is 5.32 Å². The largest absolute Gasteiger partial charge is 0.350 e. The van der Waals surface area contributed by atoms with E-state index in [1.807, 2.05) is 13.1 Å². The lowest BCUT2D eigenvalue weighted by atomic mass is 9.87. The molecule has 0 unspecified atom stereocenters. The van der Waals surface area contributed by atoms with Gasteiger partial charge in [0.2, 0.25) is 5.91 Å². The van der Waals surface area contributed by atoms with Crippen LogP contribution in [0.1, 0.15) is 38.3 Å². The Morgan fingerprint density at radius 1 is 1.44 bits per heavy atom. The highest BCUT2D eigenvalue weighted by Gasteiger charge is 2.18. The SMILES string of the molecule is CC1CCC(NC(=O)C=Cc2ccnn2C)CC1. The summed E-state index contributed by atoms with van der Waals surface area (Å²) in [6, 6.07) is 2.23. The molecule has 0 saturated heterocycles. The molecular weight excluding hydrogens is 226 g/mol. The van der Waals surface area contributed by atoms with Crippen molar-refractivity contribution in [1.29, 1.82) is 0 Å². The summed E-state index contributed by atoms with van der Waals surface area (Å²) < 4.78 is 1.74. The number of hydrogen-bond acceptors (Lipinski definition) is 2. The fraction of sp³-hybridized carbons (Fsp3) is 0.571. The molecule has 18 heavy (non-hydrogen) atoms. The summed E-state index contributed by atoms with van der Waals surface area (Å²) in [7, 11) is 1.86. The van der Waals surface area contributed by atoms with Crippen LogP contribution < -0.4 is 5.32 Å². The van der Waals surface area contributed by atoms with E-state index in [1.54, 1.807) is 23.0 Å². The molecule has 1 aromatic heterocycles. The molecule has 1 aliphatic rings. The highest BCUT2D eigenvalue weighted by Crippen LogP contribution is 2.23. The number of carbonyl (C=O) groups excluding carboxylic acids is 1. The molecule has 1 fully saturated rings. The van der Waals surface area contributed by atoms with Gasteiger partial charge in [-0.2, -0.15) is 5.10 Å². The molecule has 0 atom stereocenters. The van der Waals surface area contributed by atoms with Gasteiger partial charge in [-0.3, -0.25) is 9.48 Å². The maximum Gasteiger partial charge on any atom is 0.244 e. The minimum absolute atomic E-state index is 0.00393. The van der Waals surface area contributed by atoms with Crippen molar-refractivity contribution in [3.05, 3.63) is 24.0 Å². The van der Waals surface area contributed by atoms with Crippen molar-refractivity contribution in [2.75, 3.05) is 0 Å². The Hall–Kier alpha value is -1.58. The van der Waals surface area contributed by atoms with E-state index in [0.717, 1.165) is 24.5 Å². The van der Waals surface area contributed by atoms with E-state index < -0.39 is 0 Å². The maximum atomic E-state index is 11.8. The molecule has 98 valence electrons. The van der Waals surface area contributed by atoms with Gasteiger partial charge in [-0.1, -0.05) is 6.92 Å². The zero-order valence-corrected chi connectivity index (χ0v) is 11.1. The number of carbonyl (C=O) groups is 1. The van der Waals surface area contributed by atoms with Crippen LogP contribution in [0.25, 0.3) is 6.08 Å². The van der Waals surface area contributed by atoms with Crippen LogP contribution in [0.3, 0.4) is 0 Å². The third-order valence-corrected chi connectivity index (χ3v) is 3.63. The van der Waals surface area contributed by atoms with Crippen molar-refractivity contribution in [1.82, 2.24) is 15.1 Å². The van der Waals surface area contributed by atoms with Crippen LogP contribution in [0, 0.1) is 5.92 Å². The van der Waals surface area contributed by atoms with Crippen LogP contribution in [0.4, 0.5) is 0 Å². The molecule has 4 nitrogen and oxygen atoms in total. The quantitative estimate of drug-likeness (QED) is 0.832. The highest BCUT2D eigenvalue weighted by atomic mass is 16.1. The standard InChI is InChI=1S/C14H21N3O/c1-11-3-5-12(6-4-11)16-14(18)8-7-13-9-10-15-17(13)2/h7-12H,3-6H2,1-2H3,(H,16,18). The first-order valence-corrected chi connectivity index (χ1v) is 6.61. The van der Waals surface area contributed by atoms with Crippen LogP contribution in [0.2, 0.25) is 0 Å². The summed E-state index contributed by atoms with van der Waals surface area (Å²) >= 11 is 0. The molecule has 1 saturated carbocycles. The van der Waals surface area contributed by atoms with E-state index in [1.165, 1.54) is 12.8 Å². The predicted octanol–water partition coefficient (Wildman–Crippen LogP) is 2.13. The molecule has 0 aliphatic heterocycles. The number of nitrogens with zero attached hydrogens (tertiary/aromatic N) is 2. The molecular formula is C14H21N3O. The highest BCUT2D eigenvalue weighted by molar-refractivity contribution is 5.91. The number of aromatic nitrogens is 2. The van der Waals surface area contributed by atoms with E-state index >= 15 is 0 Å². The van der Waals surface area contributed by atoms with Crippen LogP contribution in [-0.4, -0.2) is 21.7 Å². The molecule has 4 heteroatoms. The molecule has 1 heterocycles. The van der Waals surface area contributed by atoms with Crippen LogP contribution in [-0.2, 0) is 11.8 Å². The van der Waals surface area contributed by atoms with Gasteiger partial charge in [0.15, 0.2) is 0 Å². The lowest BCUT2D eigenvalue weighted by Gasteiger charge is -2.26. The van der Waals surface area contributed by atoms with E-state index in [0.29, 0.717) is 6.04 Å². The Morgan fingerprint density at radius 2 is 2.17 bits per heavy atom. The molecule has 1 amide bonds. The fourth-order valence-corrected chi connectivity index (χ4v) is 2.36. The summed E-state index contributed by atoms with van der Waals surface area (Å²) in [4.78, 5) is 11.8. The Morgan fingerprint density at radius 3 is 2.78 bits per heavy atom. The van der Waals surface area contributed by atoms with E-state index in [-0.39, 0.29) is 5.91 Å². The van der Waals surface area contributed by atoms with Gasteiger partial charge in [-0.25, -0.2) is 0 Å². The summed E-state index contributed by atoms with van der Waals surface area (Å²) in [5.41, 5.74) is 0.933. The summed E-state index contributed by atoms with van der Waals surface area (Å²) in [6.45, 7) is 2.28. The molecule has 2 rings (SSSR count). The normalized spacial score (nSPS) is 24.3. The van der Waals surface area contributed by atoms with Gasteiger partial charge >= 0.3 is 0 Å². The van der Waals surface area contributed by atoms with Crippen molar-refractivity contribution in [2.45, 2.75) is 38.6 Å². The second-order valence-corrected chi connectivity index (χ2v) is 5.18. The lowest BCUT2D eigenvalue weighted by molar-refractivity contribution is -0.117.